The number of nitrogens with zero attached hydrogens (tertiary/aromatic N) is 2. The number of anilines is 1. The van der Waals surface area contributed by atoms with Crippen molar-refractivity contribution in [2.45, 2.75) is 43.7 Å². The average molecular weight is 407 g/mol. The van der Waals surface area contributed by atoms with Crippen molar-refractivity contribution in [2.75, 3.05) is 31.7 Å². The number of ether oxygens (including phenoxy) is 1. The van der Waals surface area contributed by atoms with Gasteiger partial charge in [-0.3, -0.25) is 9.69 Å². The molecule has 0 spiro atoms. The number of carbonyl (C=O) groups excluding carboxylic acids is 1. The van der Waals surface area contributed by atoms with E-state index in [2.05, 4.69) is 11.0 Å². The molecule has 3 aliphatic rings. The van der Waals surface area contributed by atoms with Crippen molar-refractivity contribution in [3.8, 4) is 5.75 Å². The molecule has 5 heteroatoms. The van der Waals surface area contributed by atoms with Crippen molar-refractivity contribution < 1.29 is 14.6 Å². The van der Waals surface area contributed by atoms with E-state index >= 15 is 0 Å². The number of hydrogen-bond acceptors (Lipinski definition) is 4. The molecule has 2 aromatic rings. The summed E-state index contributed by atoms with van der Waals surface area (Å²) < 4.78 is 5.46. The lowest BCUT2D eigenvalue weighted by molar-refractivity contribution is -0.0513. The van der Waals surface area contributed by atoms with Crippen LogP contribution in [-0.2, 0) is 0 Å². The maximum Gasteiger partial charge on any atom is 0.262 e. The molecule has 1 saturated heterocycles. The predicted octanol–water partition coefficient (Wildman–Crippen LogP) is 3.67. The van der Waals surface area contributed by atoms with Crippen LogP contribution < -0.4 is 9.64 Å². The summed E-state index contributed by atoms with van der Waals surface area (Å²) >= 11 is 0. The SMILES string of the molecule is COc1ccccc1C(=O)N1C[C@@H]2[C@H](c3ccccc31)[C@H](CO)N2CC1CCCC1. The molecule has 1 saturated carbocycles. The van der Waals surface area contributed by atoms with E-state index in [0.717, 1.165) is 18.2 Å². The largest absolute Gasteiger partial charge is 0.496 e. The lowest BCUT2D eigenvalue weighted by Gasteiger charge is -2.59. The van der Waals surface area contributed by atoms with Crippen LogP contribution in [0.15, 0.2) is 48.5 Å². The topological polar surface area (TPSA) is 53.0 Å². The van der Waals surface area contributed by atoms with Crippen LogP contribution in [0.25, 0.3) is 0 Å². The molecule has 158 valence electrons. The fraction of sp³-hybridized carbons (Fsp3) is 0.480. The van der Waals surface area contributed by atoms with Crippen molar-refractivity contribution in [1.82, 2.24) is 4.90 Å². The Morgan fingerprint density at radius 1 is 1.10 bits per heavy atom. The molecule has 0 aromatic heterocycles. The monoisotopic (exact) mass is 406 g/mol. The minimum Gasteiger partial charge on any atom is -0.496 e. The van der Waals surface area contributed by atoms with Gasteiger partial charge in [-0.05, 0) is 42.5 Å². The Hall–Kier alpha value is -2.37. The lowest BCUT2D eigenvalue weighted by Crippen LogP contribution is -2.69. The molecular weight excluding hydrogens is 376 g/mol. The van der Waals surface area contributed by atoms with Crippen molar-refractivity contribution in [1.29, 1.82) is 0 Å². The van der Waals surface area contributed by atoms with Gasteiger partial charge >= 0.3 is 0 Å². The molecule has 3 atom stereocenters. The van der Waals surface area contributed by atoms with Crippen LogP contribution in [0, 0.1) is 5.92 Å². The third kappa shape index (κ3) is 3.12. The lowest BCUT2D eigenvalue weighted by atomic mass is 9.71. The molecule has 0 radical (unpaired) electrons. The number of methoxy groups -OCH3 is 1. The number of hydrogen-bond donors (Lipinski definition) is 1. The zero-order valence-electron chi connectivity index (χ0n) is 17.5. The molecule has 2 heterocycles. The van der Waals surface area contributed by atoms with Crippen LogP contribution in [0.5, 0.6) is 5.75 Å². The van der Waals surface area contributed by atoms with Crippen molar-refractivity contribution >= 4 is 11.6 Å². The molecular formula is C25H30N2O3. The van der Waals surface area contributed by atoms with Crippen molar-refractivity contribution in [3.63, 3.8) is 0 Å². The number of aliphatic hydroxyl groups excluding tert-OH is 1. The van der Waals surface area contributed by atoms with Crippen LogP contribution in [0.1, 0.15) is 47.5 Å². The number of aliphatic hydroxyl groups is 1. The standard InChI is InChI=1S/C25H30N2O3/c1-30-23-13-7-5-11-19(23)25(29)27-15-21-24(18-10-4-6-12-20(18)27)22(16-28)26(21)14-17-8-2-3-9-17/h4-7,10-13,17,21-22,24,28H,2-3,8-9,14-16H2,1H3/t21-,22+,24+/m1/s1. The summed E-state index contributed by atoms with van der Waals surface area (Å²) in [7, 11) is 1.60. The van der Waals surface area contributed by atoms with E-state index in [4.69, 9.17) is 4.74 Å². The Balaban J connectivity index is 1.49. The molecule has 1 N–H and O–H groups in total. The second kappa shape index (κ2) is 8.05. The summed E-state index contributed by atoms with van der Waals surface area (Å²) in [6.07, 6.45) is 5.20. The van der Waals surface area contributed by atoms with Gasteiger partial charge in [0.2, 0.25) is 0 Å². The summed E-state index contributed by atoms with van der Waals surface area (Å²) in [5, 5.41) is 10.2. The maximum atomic E-state index is 13.6. The van der Waals surface area contributed by atoms with Gasteiger partial charge in [-0.15, -0.1) is 0 Å². The fourth-order valence-corrected chi connectivity index (χ4v) is 5.89. The summed E-state index contributed by atoms with van der Waals surface area (Å²) in [5.74, 6) is 1.59. The van der Waals surface area contributed by atoms with Gasteiger partial charge in [0, 0.05) is 36.8 Å². The van der Waals surface area contributed by atoms with E-state index in [1.54, 1.807) is 7.11 Å². The quantitative estimate of drug-likeness (QED) is 0.823. The zero-order valence-corrected chi connectivity index (χ0v) is 17.5. The van der Waals surface area contributed by atoms with Gasteiger partial charge < -0.3 is 14.7 Å². The first kappa shape index (κ1) is 19.6. The van der Waals surface area contributed by atoms with Crippen molar-refractivity contribution in [2.24, 2.45) is 5.92 Å². The minimum absolute atomic E-state index is 0.0217. The molecule has 2 fully saturated rings. The van der Waals surface area contributed by atoms with Crippen LogP contribution >= 0.6 is 0 Å². The van der Waals surface area contributed by atoms with Gasteiger partial charge in [-0.1, -0.05) is 43.2 Å². The number of rotatable bonds is 5. The number of carbonyl (C=O) groups is 1. The highest BCUT2D eigenvalue weighted by atomic mass is 16.5. The first-order valence-corrected chi connectivity index (χ1v) is 11.1. The van der Waals surface area contributed by atoms with E-state index in [1.165, 1.54) is 31.2 Å². The number of para-hydroxylation sites is 2. The molecule has 2 aromatic carbocycles. The van der Waals surface area contributed by atoms with Crippen LogP contribution in [0.2, 0.25) is 0 Å². The maximum absolute atomic E-state index is 13.6. The molecule has 2 aliphatic heterocycles. The molecule has 1 amide bonds. The van der Waals surface area contributed by atoms with Gasteiger partial charge in [0.05, 0.1) is 19.3 Å². The molecule has 0 unspecified atom stereocenters. The van der Waals surface area contributed by atoms with Gasteiger partial charge in [0.1, 0.15) is 5.75 Å². The fourth-order valence-electron chi connectivity index (χ4n) is 5.89. The summed E-state index contributed by atoms with van der Waals surface area (Å²) in [6, 6.07) is 16.1. The highest BCUT2D eigenvalue weighted by Crippen LogP contribution is 2.49. The first-order valence-electron chi connectivity index (χ1n) is 11.1. The Morgan fingerprint density at radius 3 is 2.60 bits per heavy atom. The Labute approximate surface area is 178 Å². The van der Waals surface area contributed by atoms with Gasteiger partial charge in [-0.25, -0.2) is 0 Å². The summed E-state index contributed by atoms with van der Waals surface area (Å²) in [4.78, 5) is 18.0. The number of likely N-dealkylation sites (tertiary alicyclic amines) is 1. The zero-order chi connectivity index (χ0) is 20.7. The highest BCUT2D eigenvalue weighted by Gasteiger charge is 2.53. The highest BCUT2D eigenvalue weighted by molar-refractivity contribution is 6.08. The van der Waals surface area contributed by atoms with Crippen LogP contribution in [0.4, 0.5) is 5.69 Å². The molecule has 5 rings (SSSR count). The Morgan fingerprint density at radius 2 is 1.83 bits per heavy atom. The number of amides is 1. The van der Waals surface area contributed by atoms with Gasteiger partial charge in [0.15, 0.2) is 0 Å². The van der Waals surface area contributed by atoms with Crippen LogP contribution in [0.3, 0.4) is 0 Å². The third-order valence-electron chi connectivity index (χ3n) is 7.35. The minimum atomic E-state index is -0.0217. The van der Waals surface area contributed by atoms with Gasteiger partial charge in [0.25, 0.3) is 5.91 Å². The predicted molar refractivity (Wildman–Crippen MR) is 117 cm³/mol. The second-order valence-corrected chi connectivity index (χ2v) is 8.87. The van der Waals surface area contributed by atoms with Crippen molar-refractivity contribution in [3.05, 3.63) is 59.7 Å². The molecule has 5 nitrogen and oxygen atoms in total. The van der Waals surface area contributed by atoms with E-state index < -0.39 is 0 Å². The van der Waals surface area contributed by atoms with E-state index in [9.17, 15) is 9.90 Å². The van der Waals surface area contributed by atoms with E-state index in [0.29, 0.717) is 17.9 Å². The molecule has 1 aliphatic carbocycles. The Bertz CT molecular complexity index is 924. The normalized spacial score (nSPS) is 26.1. The first-order chi connectivity index (χ1) is 14.7. The molecule has 0 bridgehead atoms. The summed E-state index contributed by atoms with van der Waals surface area (Å²) in [5.41, 5.74) is 2.74. The average Bonchev–Trinajstić information content (AvgIpc) is 3.30. The van der Waals surface area contributed by atoms with E-state index in [1.807, 2.05) is 47.4 Å². The van der Waals surface area contributed by atoms with Crippen LogP contribution in [-0.4, -0.2) is 54.8 Å². The third-order valence-corrected chi connectivity index (χ3v) is 7.35. The smallest absolute Gasteiger partial charge is 0.262 e. The summed E-state index contributed by atoms with van der Waals surface area (Å²) in [6.45, 7) is 1.86. The Kier molecular flexibility index (Phi) is 5.25. The molecule has 30 heavy (non-hydrogen) atoms. The second-order valence-electron chi connectivity index (χ2n) is 8.87. The van der Waals surface area contributed by atoms with Gasteiger partial charge in [-0.2, -0.15) is 0 Å². The number of benzene rings is 2. The number of fused-ring (bicyclic) bond motifs is 3. The van der Waals surface area contributed by atoms with E-state index in [-0.39, 0.29) is 30.5 Å².